The van der Waals surface area contributed by atoms with Gasteiger partial charge in [-0.05, 0) is 41.5 Å². The van der Waals surface area contributed by atoms with E-state index in [9.17, 15) is 4.79 Å². The molecular formula is C12H23NO. The molecule has 0 aliphatic carbocycles. The minimum atomic E-state index is -0.0696. The summed E-state index contributed by atoms with van der Waals surface area (Å²) in [5, 5.41) is 0. The third-order valence-electron chi connectivity index (χ3n) is 2.48. The van der Waals surface area contributed by atoms with Crippen LogP contribution in [0.5, 0.6) is 0 Å². The number of rotatable bonds is 4. The highest BCUT2D eigenvalue weighted by Gasteiger charge is 2.24. The van der Waals surface area contributed by atoms with Crippen LogP contribution in [0.15, 0.2) is 12.2 Å². The number of amides is 1. The van der Waals surface area contributed by atoms with Gasteiger partial charge in [-0.15, -0.1) is 0 Å². The average Bonchev–Trinajstić information content (AvgIpc) is 2.01. The van der Waals surface area contributed by atoms with Crippen molar-refractivity contribution in [3.05, 3.63) is 12.2 Å². The van der Waals surface area contributed by atoms with Crippen LogP contribution >= 0.6 is 0 Å². The van der Waals surface area contributed by atoms with E-state index in [1.165, 1.54) is 0 Å². The molecule has 0 fully saturated rings. The fraction of sp³-hybridized carbons (Fsp3) is 0.750. The van der Waals surface area contributed by atoms with Gasteiger partial charge >= 0.3 is 0 Å². The van der Waals surface area contributed by atoms with Crippen LogP contribution in [0.4, 0.5) is 0 Å². The maximum absolute atomic E-state index is 12.0. The molecular weight excluding hydrogens is 174 g/mol. The van der Waals surface area contributed by atoms with E-state index in [1.807, 2.05) is 46.4 Å². The molecule has 1 unspecified atom stereocenters. The van der Waals surface area contributed by atoms with Crippen molar-refractivity contribution in [2.24, 2.45) is 5.92 Å². The Morgan fingerprint density at radius 3 is 1.64 bits per heavy atom. The monoisotopic (exact) mass is 197 g/mol. The quantitative estimate of drug-likeness (QED) is 0.635. The third kappa shape index (κ3) is 3.17. The molecule has 0 aromatic rings. The van der Waals surface area contributed by atoms with Crippen molar-refractivity contribution in [3.8, 4) is 0 Å². The van der Waals surface area contributed by atoms with E-state index < -0.39 is 0 Å². The zero-order valence-electron chi connectivity index (χ0n) is 10.3. The Hall–Kier alpha value is -0.790. The van der Waals surface area contributed by atoms with Gasteiger partial charge in [-0.3, -0.25) is 4.79 Å². The molecule has 0 aromatic carbocycles. The number of hydrogen-bond acceptors (Lipinski definition) is 1. The van der Waals surface area contributed by atoms with E-state index in [0.29, 0.717) is 0 Å². The highest BCUT2D eigenvalue weighted by atomic mass is 16.2. The van der Waals surface area contributed by atoms with Crippen LogP contribution in [0.1, 0.15) is 41.5 Å². The van der Waals surface area contributed by atoms with Crippen molar-refractivity contribution in [1.82, 2.24) is 4.90 Å². The first-order valence-corrected chi connectivity index (χ1v) is 5.26. The van der Waals surface area contributed by atoms with E-state index in [4.69, 9.17) is 0 Å². The van der Waals surface area contributed by atoms with Crippen molar-refractivity contribution < 1.29 is 4.79 Å². The minimum absolute atomic E-state index is 0.0696. The van der Waals surface area contributed by atoms with E-state index in [1.54, 1.807) is 0 Å². The zero-order valence-corrected chi connectivity index (χ0v) is 10.3. The summed E-state index contributed by atoms with van der Waals surface area (Å²) in [5.74, 6) is 0.113. The molecule has 0 N–H and O–H groups in total. The lowest BCUT2D eigenvalue weighted by molar-refractivity contribution is -0.137. The van der Waals surface area contributed by atoms with Crippen molar-refractivity contribution in [2.45, 2.75) is 53.6 Å². The summed E-state index contributed by atoms with van der Waals surface area (Å²) >= 11 is 0. The van der Waals surface area contributed by atoms with Crippen LogP contribution < -0.4 is 0 Å². The molecule has 0 radical (unpaired) electrons. The second-order valence-corrected chi connectivity index (χ2v) is 4.50. The molecule has 0 aliphatic rings. The first kappa shape index (κ1) is 13.2. The summed E-state index contributed by atoms with van der Waals surface area (Å²) in [7, 11) is 0. The Morgan fingerprint density at radius 2 is 1.43 bits per heavy atom. The molecule has 1 atom stereocenters. The second-order valence-electron chi connectivity index (χ2n) is 4.50. The zero-order chi connectivity index (χ0) is 11.5. The maximum Gasteiger partial charge on any atom is 0.229 e. The van der Waals surface area contributed by atoms with Crippen molar-refractivity contribution >= 4 is 5.91 Å². The number of carbonyl (C=O) groups is 1. The predicted molar refractivity (Wildman–Crippen MR) is 61.1 cm³/mol. The van der Waals surface area contributed by atoms with Gasteiger partial charge in [0.25, 0.3) is 0 Å². The van der Waals surface area contributed by atoms with Crippen molar-refractivity contribution in [2.75, 3.05) is 0 Å². The number of nitrogens with zero attached hydrogens (tertiary/aromatic N) is 1. The standard InChI is InChI=1S/C12H23NO/c1-8(2)11(7)12(14)13(9(3)4)10(5)6/h9-11H,1H2,2-7H3. The maximum atomic E-state index is 12.0. The summed E-state index contributed by atoms with van der Waals surface area (Å²) in [6.07, 6.45) is 0. The van der Waals surface area contributed by atoms with Gasteiger partial charge in [0, 0.05) is 12.1 Å². The lowest BCUT2D eigenvalue weighted by Crippen LogP contribution is -2.44. The van der Waals surface area contributed by atoms with Crippen molar-refractivity contribution in [1.29, 1.82) is 0 Å². The minimum Gasteiger partial charge on any atom is -0.337 e. The number of carbonyl (C=O) groups excluding carboxylic acids is 1. The molecule has 0 heterocycles. The van der Waals surface area contributed by atoms with E-state index in [0.717, 1.165) is 5.57 Å². The molecule has 0 bridgehead atoms. The lowest BCUT2D eigenvalue weighted by atomic mass is 10.0. The summed E-state index contributed by atoms with van der Waals surface area (Å²) in [4.78, 5) is 13.9. The molecule has 0 aromatic heterocycles. The predicted octanol–water partition coefficient (Wildman–Crippen LogP) is 2.84. The molecule has 2 nitrogen and oxygen atoms in total. The molecule has 14 heavy (non-hydrogen) atoms. The van der Waals surface area contributed by atoms with Crippen LogP contribution in [0.3, 0.4) is 0 Å². The highest BCUT2D eigenvalue weighted by molar-refractivity contribution is 5.81. The molecule has 1 amide bonds. The fourth-order valence-corrected chi connectivity index (χ4v) is 1.54. The Labute approximate surface area is 88.0 Å². The summed E-state index contributed by atoms with van der Waals surface area (Å²) < 4.78 is 0. The van der Waals surface area contributed by atoms with Gasteiger partial charge in [0.15, 0.2) is 0 Å². The molecule has 0 spiro atoms. The smallest absolute Gasteiger partial charge is 0.229 e. The molecule has 0 rings (SSSR count). The lowest BCUT2D eigenvalue weighted by Gasteiger charge is -2.33. The first-order valence-electron chi connectivity index (χ1n) is 5.26. The first-order chi connectivity index (χ1) is 6.29. The molecule has 0 saturated heterocycles. The van der Waals surface area contributed by atoms with Crippen LogP contribution in [-0.4, -0.2) is 22.9 Å². The highest BCUT2D eigenvalue weighted by Crippen LogP contribution is 2.15. The molecule has 2 heteroatoms. The van der Waals surface area contributed by atoms with Gasteiger partial charge < -0.3 is 4.90 Å². The Bertz CT molecular complexity index is 210. The summed E-state index contributed by atoms with van der Waals surface area (Å²) in [5.41, 5.74) is 0.932. The molecule has 82 valence electrons. The van der Waals surface area contributed by atoms with Crippen molar-refractivity contribution in [3.63, 3.8) is 0 Å². The second kappa shape index (κ2) is 5.18. The Balaban J connectivity index is 4.69. The summed E-state index contributed by atoms with van der Waals surface area (Å²) in [6, 6.07) is 0.508. The average molecular weight is 197 g/mol. The SMILES string of the molecule is C=C(C)C(C)C(=O)N(C(C)C)C(C)C. The number of hydrogen-bond donors (Lipinski definition) is 0. The Morgan fingerprint density at radius 1 is 1.07 bits per heavy atom. The molecule has 0 aliphatic heterocycles. The largest absolute Gasteiger partial charge is 0.337 e. The van der Waals surface area contributed by atoms with E-state index in [2.05, 4.69) is 6.58 Å². The van der Waals surface area contributed by atoms with Crippen LogP contribution in [0.2, 0.25) is 0 Å². The Kier molecular flexibility index (Phi) is 4.89. The van der Waals surface area contributed by atoms with E-state index in [-0.39, 0.29) is 23.9 Å². The van der Waals surface area contributed by atoms with Gasteiger partial charge in [-0.1, -0.05) is 12.2 Å². The van der Waals surface area contributed by atoms with E-state index >= 15 is 0 Å². The third-order valence-corrected chi connectivity index (χ3v) is 2.48. The van der Waals surface area contributed by atoms with Crippen LogP contribution in [-0.2, 0) is 4.79 Å². The fourth-order valence-electron chi connectivity index (χ4n) is 1.54. The van der Waals surface area contributed by atoms with Crippen LogP contribution in [0.25, 0.3) is 0 Å². The van der Waals surface area contributed by atoms with Crippen LogP contribution in [0, 0.1) is 5.92 Å². The van der Waals surface area contributed by atoms with Gasteiger partial charge in [0.1, 0.15) is 0 Å². The molecule has 0 saturated carbocycles. The summed E-state index contributed by atoms with van der Waals surface area (Å²) in [6.45, 7) is 15.8. The van der Waals surface area contributed by atoms with Gasteiger partial charge in [-0.25, -0.2) is 0 Å². The van der Waals surface area contributed by atoms with Gasteiger partial charge in [-0.2, -0.15) is 0 Å². The normalized spacial score (nSPS) is 13.1. The topological polar surface area (TPSA) is 20.3 Å². The van der Waals surface area contributed by atoms with Gasteiger partial charge in [0.05, 0.1) is 5.92 Å². The van der Waals surface area contributed by atoms with Gasteiger partial charge in [0.2, 0.25) is 5.91 Å².